The van der Waals surface area contributed by atoms with Gasteiger partial charge in [-0.3, -0.25) is 0 Å². The second kappa shape index (κ2) is 10.4. The van der Waals surface area contributed by atoms with E-state index in [4.69, 9.17) is 0 Å². The molecule has 8 rings (SSSR count). The molecule has 0 heterocycles. The van der Waals surface area contributed by atoms with Crippen LogP contribution in [0.2, 0.25) is 0 Å². The normalized spacial score (nSPS) is 11.4. The standard InChI is InChI=1S/C43H30/c1-29-11-9-15-34(27-29)42-37-16-5-7-18-39(37)43(40-19-8-6-17-38(40)42)35-26-25-32-14-10-20-36(41(32)28-35)33-23-21-31(22-24-33)30-12-3-2-4-13-30/h2-28H,1H3. The van der Waals surface area contributed by atoms with Crippen molar-refractivity contribution < 1.29 is 0 Å². The molecule has 43 heavy (non-hydrogen) atoms. The zero-order valence-electron chi connectivity index (χ0n) is 24.1. The second-order valence-corrected chi connectivity index (χ2v) is 11.4. The zero-order chi connectivity index (χ0) is 28.8. The Kier molecular flexibility index (Phi) is 6.12. The maximum atomic E-state index is 2.40. The summed E-state index contributed by atoms with van der Waals surface area (Å²) in [5.41, 5.74) is 11.3. The fourth-order valence-corrected chi connectivity index (χ4v) is 6.70. The minimum Gasteiger partial charge on any atom is -0.0622 e. The Bertz CT molecular complexity index is 2210. The van der Waals surface area contributed by atoms with Crippen LogP contribution in [0.5, 0.6) is 0 Å². The zero-order valence-corrected chi connectivity index (χ0v) is 24.1. The van der Waals surface area contributed by atoms with Gasteiger partial charge in [-0.05, 0) is 89.8 Å². The van der Waals surface area contributed by atoms with Crippen LogP contribution in [0.15, 0.2) is 164 Å². The van der Waals surface area contributed by atoms with Crippen molar-refractivity contribution in [3.63, 3.8) is 0 Å². The summed E-state index contributed by atoms with van der Waals surface area (Å²) >= 11 is 0. The van der Waals surface area contributed by atoms with E-state index in [-0.39, 0.29) is 0 Å². The summed E-state index contributed by atoms with van der Waals surface area (Å²) in [4.78, 5) is 0. The van der Waals surface area contributed by atoms with E-state index in [1.165, 1.54) is 82.4 Å². The highest BCUT2D eigenvalue weighted by atomic mass is 14.2. The van der Waals surface area contributed by atoms with Gasteiger partial charge in [0, 0.05) is 0 Å². The summed E-state index contributed by atoms with van der Waals surface area (Å²) < 4.78 is 0. The van der Waals surface area contributed by atoms with Gasteiger partial charge >= 0.3 is 0 Å². The molecule has 0 amide bonds. The van der Waals surface area contributed by atoms with Gasteiger partial charge in [-0.1, -0.05) is 163 Å². The highest BCUT2D eigenvalue weighted by Gasteiger charge is 2.17. The first-order chi connectivity index (χ1) is 21.2. The molecule has 0 aliphatic heterocycles. The van der Waals surface area contributed by atoms with Gasteiger partial charge in [0.2, 0.25) is 0 Å². The predicted octanol–water partition coefficient (Wildman–Crippen LogP) is 12.1. The Morgan fingerprint density at radius 3 is 1.42 bits per heavy atom. The molecule has 0 N–H and O–H groups in total. The molecule has 0 aliphatic carbocycles. The predicted molar refractivity (Wildman–Crippen MR) is 185 cm³/mol. The van der Waals surface area contributed by atoms with Gasteiger partial charge in [0.05, 0.1) is 0 Å². The van der Waals surface area contributed by atoms with Gasteiger partial charge in [0.1, 0.15) is 0 Å². The Labute approximate surface area is 252 Å². The molecule has 0 nitrogen and oxygen atoms in total. The van der Waals surface area contributed by atoms with Crippen molar-refractivity contribution in [2.75, 3.05) is 0 Å². The summed E-state index contributed by atoms with van der Waals surface area (Å²) in [6.45, 7) is 2.17. The molecular formula is C43H30. The lowest BCUT2D eigenvalue weighted by molar-refractivity contribution is 1.47. The van der Waals surface area contributed by atoms with Crippen LogP contribution in [0.25, 0.3) is 76.8 Å². The fourth-order valence-electron chi connectivity index (χ4n) is 6.70. The van der Waals surface area contributed by atoms with Crippen LogP contribution < -0.4 is 0 Å². The summed E-state index contributed by atoms with van der Waals surface area (Å²) in [6, 6.07) is 59.9. The van der Waals surface area contributed by atoms with Gasteiger partial charge in [0.15, 0.2) is 0 Å². The maximum Gasteiger partial charge on any atom is -0.00261 e. The van der Waals surface area contributed by atoms with Crippen molar-refractivity contribution in [3.05, 3.63) is 169 Å². The van der Waals surface area contributed by atoms with Crippen molar-refractivity contribution in [1.29, 1.82) is 0 Å². The van der Waals surface area contributed by atoms with Crippen molar-refractivity contribution in [2.45, 2.75) is 6.92 Å². The average Bonchev–Trinajstić information content (AvgIpc) is 3.07. The number of hydrogen-bond acceptors (Lipinski definition) is 0. The summed E-state index contributed by atoms with van der Waals surface area (Å²) in [7, 11) is 0. The fraction of sp³-hybridized carbons (Fsp3) is 0.0233. The minimum absolute atomic E-state index is 1.23. The molecule has 0 bridgehead atoms. The van der Waals surface area contributed by atoms with Crippen LogP contribution in [0.1, 0.15) is 5.56 Å². The molecule has 8 aromatic rings. The molecule has 0 radical (unpaired) electrons. The van der Waals surface area contributed by atoms with E-state index in [9.17, 15) is 0 Å². The first-order valence-corrected chi connectivity index (χ1v) is 14.9. The third-order valence-corrected chi connectivity index (χ3v) is 8.71. The largest absolute Gasteiger partial charge is 0.0622 e. The Hall–Kier alpha value is -5.46. The van der Waals surface area contributed by atoms with Crippen LogP contribution >= 0.6 is 0 Å². The summed E-state index contributed by atoms with van der Waals surface area (Å²) in [6.07, 6.45) is 0. The van der Waals surface area contributed by atoms with Crippen molar-refractivity contribution >= 4 is 32.3 Å². The van der Waals surface area contributed by atoms with Crippen LogP contribution in [-0.2, 0) is 0 Å². The van der Waals surface area contributed by atoms with E-state index in [1.54, 1.807) is 0 Å². The summed E-state index contributed by atoms with van der Waals surface area (Å²) in [5, 5.41) is 7.64. The number of fused-ring (bicyclic) bond motifs is 3. The van der Waals surface area contributed by atoms with Crippen molar-refractivity contribution in [3.8, 4) is 44.5 Å². The van der Waals surface area contributed by atoms with Crippen LogP contribution in [0.3, 0.4) is 0 Å². The Morgan fingerprint density at radius 1 is 0.302 bits per heavy atom. The third-order valence-electron chi connectivity index (χ3n) is 8.71. The molecule has 0 saturated heterocycles. The smallest absolute Gasteiger partial charge is 0.00261 e. The molecular weight excluding hydrogens is 516 g/mol. The lowest BCUT2D eigenvalue weighted by Crippen LogP contribution is -1.91. The molecule has 0 unspecified atom stereocenters. The van der Waals surface area contributed by atoms with E-state index in [2.05, 4.69) is 171 Å². The van der Waals surface area contributed by atoms with Gasteiger partial charge in [-0.2, -0.15) is 0 Å². The SMILES string of the molecule is Cc1cccc(-c2c3ccccc3c(-c3ccc4cccc(-c5ccc(-c6ccccc6)cc5)c4c3)c3ccccc23)c1. The quantitative estimate of drug-likeness (QED) is 0.193. The summed E-state index contributed by atoms with van der Waals surface area (Å²) in [5.74, 6) is 0. The highest BCUT2D eigenvalue weighted by molar-refractivity contribution is 6.22. The Balaban J connectivity index is 1.35. The third kappa shape index (κ3) is 4.40. The van der Waals surface area contributed by atoms with E-state index >= 15 is 0 Å². The van der Waals surface area contributed by atoms with Gasteiger partial charge in [-0.25, -0.2) is 0 Å². The molecule has 0 aliphatic rings. The lowest BCUT2D eigenvalue weighted by atomic mass is 9.85. The van der Waals surface area contributed by atoms with Crippen LogP contribution in [-0.4, -0.2) is 0 Å². The number of aryl methyl sites for hydroxylation is 1. The average molecular weight is 547 g/mol. The number of hydrogen-bond donors (Lipinski definition) is 0. The van der Waals surface area contributed by atoms with Crippen molar-refractivity contribution in [1.82, 2.24) is 0 Å². The molecule has 0 saturated carbocycles. The molecule has 0 spiro atoms. The monoisotopic (exact) mass is 546 g/mol. The number of rotatable bonds is 4. The molecule has 0 aromatic heterocycles. The molecule has 202 valence electrons. The van der Waals surface area contributed by atoms with Crippen LogP contribution in [0, 0.1) is 6.92 Å². The van der Waals surface area contributed by atoms with Gasteiger partial charge in [0.25, 0.3) is 0 Å². The van der Waals surface area contributed by atoms with Crippen molar-refractivity contribution in [2.24, 2.45) is 0 Å². The van der Waals surface area contributed by atoms with E-state index < -0.39 is 0 Å². The van der Waals surface area contributed by atoms with Gasteiger partial charge < -0.3 is 0 Å². The first kappa shape index (κ1) is 25.3. The molecule has 8 aromatic carbocycles. The Morgan fingerprint density at radius 2 is 0.791 bits per heavy atom. The van der Waals surface area contributed by atoms with E-state index in [0.717, 1.165) is 0 Å². The first-order valence-electron chi connectivity index (χ1n) is 14.9. The van der Waals surface area contributed by atoms with Crippen LogP contribution in [0.4, 0.5) is 0 Å². The molecule has 0 fully saturated rings. The second-order valence-electron chi connectivity index (χ2n) is 11.4. The van der Waals surface area contributed by atoms with E-state index in [1.807, 2.05) is 0 Å². The highest BCUT2D eigenvalue weighted by Crippen LogP contribution is 2.44. The lowest BCUT2D eigenvalue weighted by Gasteiger charge is -2.18. The van der Waals surface area contributed by atoms with E-state index in [0.29, 0.717) is 0 Å². The molecule has 0 heteroatoms. The number of benzene rings is 8. The minimum atomic E-state index is 1.23. The maximum absolute atomic E-state index is 2.40. The topological polar surface area (TPSA) is 0 Å². The molecule has 0 atom stereocenters. The van der Waals surface area contributed by atoms with Gasteiger partial charge in [-0.15, -0.1) is 0 Å².